The van der Waals surface area contributed by atoms with Gasteiger partial charge in [-0.3, -0.25) is 4.79 Å². The number of fused-ring (bicyclic) bond motifs is 2. The van der Waals surface area contributed by atoms with Crippen molar-refractivity contribution in [3.63, 3.8) is 0 Å². The van der Waals surface area contributed by atoms with Gasteiger partial charge >= 0.3 is 0 Å². The van der Waals surface area contributed by atoms with Crippen LogP contribution in [0.25, 0.3) is 0 Å². The van der Waals surface area contributed by atoms with Gasteiger partial charge in [-0.1, -0.05) is 13.8 Å². The highest BCUT2D eigenvalue weighted by Crippen LogP contribution is 2.61. The van der Waals surface area contributed by atoms with Crippen molar-refractivity contribution in [2.45, 2.75) is 39.3 Å². The Kier molecular flexibility index (Phi) is 1.31. The van der Waals surface area contributed by atoms with Crippen molar-refractivity contribution in [3.05, 3.63) is 0 Å². The molecule has 0 aromatic rings. The van der Waals surface area contributed by atoms with Gasteiger partial charge in [-0.2, -0.15) is 0 Å². The summed E-state index contributed by atoms with van der Waals surface area (Å²) in [6.07, 6.45) is 1.38. The zero-order valence-electron chi connectivity index (χ0n) is 7.86. The number of hydrogen-bond acceptors (Lipinski definition) is 1. The van der Waals surface area contributed by atoms with Crippen LogP contribution >= 0.6 is 0 Å². The molecule has 12 heavy (non-hydrogen) atoms. The highest BCUT2D eigenvalue weighted by Gasteiger charge is 2.64. The molecule has 0 heterocycles. The fourth-order valence-corrected chi connectivity index (χ4v) is 2.81. The molecule has 0 N–H and O–H groups in total. The molecule has 3 unspecified atom stereocenters. The lowest BCUT2D eigenvalue weighted by atomic mass is 9.67. The maximum Gasteiger partial charge on any atom is 0.139 e. The van der Waals surface area contributed by atoms with Crippen LogP contribution in [-0.2, 0) is 4.79 Å². The molecule has 2 aliphatic rings. The number of alkyl halides is 1. The van der Waals surface area contributed by atoms with Gasteiger partial charge in [-0.25, -0.2) is 4.39 Å². The maximum absolute atomic E-state index is 14.1. The van der Waals surface area contributed by atoms with Crippen LogP contribution in [0.2, 0.25) is 0 Å². The second-order valence-corrected chi connectivity index (χ2v) is 4.95. The van der Waals surface area contributed by atoms with Gasteiger partial charge in [0.2, 0.25) is 0 Å². The van der Waals surface area contributed by atoms with E-state index >= 15 is 0 Å². The van der Waals surface area contributed by atoms with Crippen LogP contribution in [0.3, 0.4) is 0 Å². The smallest absolute Gasteiger partial charge is 0.139 e. The molecule has 2 fully saturated rings. The van der Waals surface area contributed by atoms with Crippen molar-refractivity contribution < 1.29 is 9.18 Å². The zero-order chi connectivity index (χ0) is 9.15. The zero-order valence-corrected chi connectivity index (χ0v) is 7.86. The lowest BCUT2D eigenvalue weighted by Gasteiger charge is -2.40. The Morgan fingerprint density at radius 1 is 1.42 bits per heavy atom. The van der Waals surface area contributed by atoms with E-state index in [1.165, 1.54) is 0 Å². The second-order valence-electron chi connectivity index (χ2n) is 4.95. The first-order valence-electron chi connectivity index (χ1n) is 4.59. The van der Waals surface area contributed by atoms with Gasteiger partial charge in [-0.15, -0.1) is 0 Å². The summed E-state index contributed by atoms with van der Waals surface area (Å²) in [5, 5.41) is 0. The predicted molar refractivity (Wildman–Crippen MR) is 44.5 cm³/mol. The Hall–Kier alpha value is -0.400. The quantitative estimate of drug-likeness (QED) is 0.545. The summed E-state index contributed by atoms with van der Waals surface area (Å²) in [6, 6.07) is 0. The molecule has 0 aliphatic heterocycles. The first-order chi connectivity index (χ1) is 5.37. The monoisotopic (exact) mass is 170 g/mol. The van der Waals surface area contributed by atoms with Crippen molar-refractivity contribution in [1.29, 1.82) is 0 Å². The number of ketones is 1. The largest absolute Gasteiger partial charge is 0.299 e. The number of hydrogen-bond donors (Lipinski definition) is 0. The molecule has 2 aliphatic carbocycles. The van der Waals surface area contributed by atoms with Gasteiger partial charge in [0.05, 0.1) is 5.92 Å². The third kappa shape index (κ3) is 0.668. The molecular weight excluding hydrogens is 155 g/mol. The molecule has 0 amide bonds. The van der Waals surface area contributed by atoms with E-state index in [2.05, 4.69) is 0 Å². The van der Waals surface area contributed by atoms with E-state index in [0.717, 1.165) is 6.42 Å². The van der Waals surface area contributed by atoms with Crippen LogP contribution in [0.4, 0.5) is 4.39 Å². The van der Waals surface area contributed by atoms with Gasteiger partial charge in [0.15, 0.2) is 0 Å². The Morgan fingerprint density at radius 2 is 2.00 bits per heavy atom. The average Bonchev–Trinajstić information content (AvgIpc) is 2.35. The minimum Gasteiger partial charge on any atom is -0.299 e. The van der Waals surface area contributed by atoms with Crippen LogP contribution < -0.4 is 0 Å². The van der Waals surface area contributed by atoms with Crippen LogP contribution in [0.5, 0.6) is 0 Å². The number of halogens is 1. The van der Waals surface area contributed by atoms with Crippen molar-refractivity contribution in [2.24, 2.45) is 17.3 Å². The summed E-state index contributed by atoms with van der Waals surface area (Å²) in [5.41, 5.74) is -1.57. The minimum atomic E-state index is -1.27. The molecule has 3 atom stereocenters. The summed E-state index contributed by atoms with van der Waals surface area (Å²) in [7, 11) is 0. The van der Waals surface area contributed by atoms with E-state index in [4.69, 9.17) is 0 Å². The first kappa shape index (κ1) is 8.21. The van der Waals surface area contributed by atoms with Crippen molar-refractivity contribution in [1.82, 2.24) is 0 Å². The van der Waals surface area contributed by atoms with Gasteiger partial charge in [-0.05, 0) is 19.3 Å². The van der Waals surface area contributed by atoms with E-state index in [9.17, 15) is 9.18 Å². The lowest BCUT2D eigenvalue weighted by Crippen LogP contribution is -2.46. The maximum atomic E-state index is 14.1. The summed E-state index contributed by atoms with van der Waals surface area (Å²) >= 11 is 0. The average molecular weight is 170 g/mol. The summed E-state index contributed by atoms with van der Waals surface area (Å²) in [6.45, 7) is 5.49. The summed E-state index contributed by atoms with van der Waals surface area (Å²) in [4.78, 5) is 11.3. The lowest BCUT2D eigenvalue weighted by molar-refractivity contribution is -0.132. The molecule has 0 aromatic heterocycles. The normalized spacial score (nSPS) is 50.2. The fraction of sp³-hybridized carbons (Fsp3) is 0.900. The van der Waals surface area contributed by atoms with Crippen molar-refractivity contribution >= 4 is 5.78 Å². The Balaban J connectivity index is 2.42. The van der Waals surface area contributed by atoms with E-state index in [0.29, 0.717) is 6.42 Å². The molecule has 0 spiro atoms. The molecule has 2 heteroatoms. The highest BCUT2D eigenvalue weighted by atomic mass is 19.1. The highest BCUT2D eigenvalue weighted by molar-refractivity contribution is 5.86. The molecule has 0 aromatic carbocycles. The SMILES string of the molecule is CC1(C)C2CC(=O)C(C2)C1(C)F. The molecule has 2 saturated carbocycles. The second kappa shape index (κ2) is 1.91. The number of Topliss-reactive ketones (excluding diaryl/α,β-unsaturated/α-hetero) is 1. The molecule has 1 nitrogen and oxygen atoms in total. The minimum absolute atomic E-state index is 0.143. The predicted octanol–water partition coefficient (Wildman–Crippen LogP) is 2.35. The van der Waals surface area contributed by atoms with E-state index in [-0.39, 0.29) is 23.0 Å². The summed E-state index contributed by atoms with van der Waals surface area (Å²) < 4.78 is 14.1. The third-order valence-electron chi connectivity index (χ3n) is 4.29. The number of rotatable bonds is 0. The molecule has 0 radical (unpaired) electrons. The van der Waals surface area contributed by atoms with Crippen molar-refractivity contribution in [2.75, 3.05) is 0 Å². The Bertz CT molecular complexity index is 242. The molecule has 2 bridgehead atoms. The standard InChI is InChI=1S/C10H15FO/c1-9(2)6-4-7(8(12)5-6)10(9,3)11/h6-7H,4-5H2,1-3H3. The molecule has 0 saturated heterocycles. The number of carbonyl (C=O) groups is 1. The summed E-state index contributed by atoms with van der Waals surface area (Å²) in [5.74, 6) is 0.117. The van der Waals surface area contributed by atoms with Crippen LogP contribution in [0, 0.1) is 17.3 Å². The Morgan fingerprint density at radius 3 is 2.33 bits per heavy atom. The third-order valence-corrected chi connectivity index (χ3v) is 4.29. The molecular formula is C10H15FO. The first-order valence-corrected chi connectivity index (χ1v) is 4.59. The molecule has 68 valence electrons. The van der Waals surface area contributed by atoms with Crippen LogP contribution in [0.1, 0.15) is 33.6 Å². The van der Waals surface area contributed by atoms with E-state index in [1.54, 1.807) is 6.92 Å². The van der Waals surface area contributed by atoms with Gasteiger partial charge < -0.3 is 0 Å². The van der Waals surface area contributed by atoms with Crippen molar-refractivity contribution in [3.8, 4) is 0 Å². The van der Waals surface area contributed by atoms with Gasteiger partial charge in [0.25, 0.3) is 0 Å². The van der Waals surface area contributed by atoms with Gasteiger partial charge in [0.1, 0.15) is 11.5 Å². The fourth-order valence-electron chi connectivity index (χ4n) is 2.81. The Labute approximate surface area is 72.3 Å². The number of carbonyl (C=O) groups excluding carboxylic acids is 1. The van der Waals surface area contributed by atoms with E-state index in [1.807, 2.05) is 13.8 Å². The molecule has 2 rings (SSSR count). The van der Waals surface area contributed by atoms with E-state index < -0.39 is 5.67 Å². The van der Waals surface area contributed by atoms with Crippen LogP contribution in [0.15, 0.2) is 0 Å². The van der Waals surface area contributed by atoms with Gasteiger partial charge in [0, 0.05) is 11.8 Å². The topological polar surface area (TPSA) is 17.1 Å². The van der Waals surface area contributed by atoms with Crippen LogP contribution in [-0.4, -0.2) is 11.5 Å².